The van der Waals surface area contributed by atoms with E-state index in [2.05, 4.69) is 23.0 Å². The third kappa shape index (κ3) is 9.63. The second kappa shape index (κ2) is 18.0. The number of hydrogen-bond donors (Lipinski definition) is 3. The quantitative estimate of drug-likeness (QED) is 0.0884. The molecule has 2 aliphatic heterocycles. The molecule has 0 saturated carbocycles. The number of alkyl carbamates (subject to hydrolysis) is 1. The van der Waals surface area contributed by atoms with Gasteiger partial charge in [0.1, 0.15) is 17.5 Å². The SMILES string of the molecule is CCCCOc1ccc(C[C@H](NC(=O)OCCCC2=C3C(C)=CC(C)=[N+]3[B-](F)(F)n3c(C)cc(C)c32)C(=O)NCC(=O)NOC(=O)c2c(C)cc(C)cc2C)cc1. The Bertz CT molecular complexity index is 2130. The van der Waals surface area contributed by atoms with Crippen molar-refractivity contribution in [3.8, 4) is 5.75 Å². The minimum Gasteiger partial charge on any atom is -0.494 e. The van der Waals surface area contributed by atoms with Crippen LogP contribution in [0.2, 0.25) is 0 Å². The molecule has 0 aliphatic carbocycles. The van der Waals surface area contributed by atoms with Crippen LogP contribution in [0.1, 0.15) is 96.0 Å². The molecule has 3 amide bonds. The fourth-order valence-electron chi connectivity index (χ4n) is 7.75. The summed E-state index contributed by atoms with van der Waals surface area (Å²) in [5.41, 5.74) is 9.59. The first kappa shape index (κ1) is 42.4. The molecule has 0 spiro atoms. The highest BCUT2D eigenvalue weighted by Gasteiger charge is 2.54. The van der Waals surface area contributed by atoms with E-state index < -0.39 is 43.4 Å². The van der Waals surface area contributed by atoms with Gasteiger partial charge in [-0.2, -0.15) is 5.48 Å². The number of nitrogens with zero attached hydrogens (tertiary/aromatic N) is 2. The van der Waals surface area contributed by atoms with Crippen LogP contribution in [-0.4, -0.2) is 71.3 Å². The number of allylic oxidation sites excluding steroid dienone is 3. The highest BCUT2D eigenvalue weighted by atomic mass is 19.2. The second-order valence-corrected chi connectivity index (χ2v) is 14.8. The molecule has 5 rings (SSSR count). The number of benzene rings is 2. The summed E-state index contributed by atoms with van der Waals surface area (Å²) in [6, 6.07) is 11.4. The molecule has 304 valence electrons. The molecule has 0 radical (unpaired) electrons. The van der Waals surface area contributed by atoms with E-state index in [4.69, 9.17) is 14.3 Å². The van der Waals surface area contributed by atoms with Gasteiger partial charge in [-0.25, -0.2) is 9.59 Å². The van der Waals surface area contributed by atoms with Crippen molar-refractivity contribution in [3.63, 3.8) is 0 Å². The third-order valence-electron chi connectivity index (χ3n) is 10.1. The van der Waals surface area contributed by atoms with E-state index >= 15 is 8.63 Å². The van der Waals surface area contributed by atoms with Gasteiger partial charge in [0.15, 0.2) is 5.70 Å². The van der Waals surface area contributed by atoms with E-state index in [-0.39, 0.29) is 13.0 Å². The van der Waals surface area contributed by atoms with Gasteiger partial charge in [0, 0.05) is 36.3 Å². The molecule has 0 bridgehead atoms. The van der Waals surface area contributed by atoms with Gasteiger partial charge >= 0.3 is 19.0 Å². The first-order chi connectivity index (χ1) is 27.0. The normalized spacial score (nSPS) is 14.7. The van der Waals surface area contributed by atoms with Crippen LogP contribution in [0.4, 0.5) is 13.4 Å². The summed E-state index contributed by atoms with van der Waals surface area (Å²) >= 11 is 0. The molecule has 15 heteroatoms. The third-order valence-corrected chi connectivity index (χ3v) is 10.1. The molecule has 3 heterocycles. The van der Waals surface area contributed by atoms with Gasteiger partial charge in [0.2, 0.25) is 5.91 Å². The van der Waals surface area contributed by atoms with Crippen LogP contribution in [0, 0.1) is 34.6 Å². The molecule has 2 aliphatic rings. The van der Waals surface area contributed by atoms with Crippen LogP contribution in [0.3, 0.4) is 0 Å². The lowest BCUT2D eigenvalue weighted by Crippen LogP contribution is -2.51. The van der Waals surface area contributed by atoms with Crippen LogP contribution in [0.25, 0.3) is 5.57 Å². The van der Waals surface area contributed by atoms with Gasteiger partial charge in [-0.15, -0.1) is 0 Å². The Morgan fingerprint density at radius 3 is 2.25 bits per heavy atom. The molecule has 57 heavy (non-hydrogen) atoms. The number of nitrogens with one attached hydrogen (secondary N) is 3. The molecular weight excluding hydrogens is 735 g/mol. The van der Waals surface area contributed by atoms with E-state index in [1.165, 1.54) is 0 Å². The number of amides is 3. The van der Waals surface area contributed by atoms with Crippen LogP contribution in [0.5, 0.6) is 5.75 Å². The van der Waals surface area contributed by atoms with Crippen molar-refractivity contribution in [2.45, 2.75) is 93.5 Å². The van der Waals surface area contributed by atoms with Crippen molar-refractivity contribution in [1.82, 2.24) is 20.6 Å². The number of halogens is 2. The smallest absolute Gasteiger partial charge is 0.494 e. The van der Waals surface area contributed by atoms with Gasteiger partial charge in [0.25, 0.3) is 5.91 Å². The fraction of sp³-hybridized carbons (Fsp3) is 0.405. The number of carbonyl (C=O) groups excluding carboxylic acids is 4. The van der Waals surface area contributed by atoms with Gasteiger partial charge in [-0.3, -0.25) is 9.59 Å². The summed E-state index contributed by atoms with van der Waals surface area (Å²) in [5.74, 6) is -1.55. The number of hydrogen-bond acceptors (Lipinski definition) is 7. The number of aromatic nitrogens is 1. The molecule has 3 N–H and O–H groups in total. The number of rotatable bonds is 15. The summed E-state index contributed by atoms with van der Waals surface area (Å²) in [6.45, 7) is 10.4. The molecular formula is C42H52BF2N5O7. The highest BCUT2D eigenvalue weighted by molar-refractivity contribution is 6.58. The first-order valence-corrected chi connectivity index (χ1v) is 19.3. The van der Waals surface area contributed by atoms with E-state index in [1.807, 2.05) is 32.9 Å². The Kier molecular flexibility index (Phi) is 13.4. The standard InChI is InChI=1S/C42H52BF2N5O7/c1-9-10-17-55-33-15-13-32(14-16-33)23-35(40(52)46-24-36(51)48-57-41(53)37-26(3)19-25(2)20-27(37)4)47-42(54)56-18-11-12-34-38-28(5)21-30(7)49(38)43(44,45)50-31(8)22-29(6)39(34)50/h13-16,19-22,35H,9-12,17-18,23-24H2,1-8H3,(H,46,52)(H,47,54)(H,48,51)/t35-/m0/s1. The minimum atomic E-state index is -4.09. The van der Waals surface area contributed by atoms with Gasteiger partial charge in [-0.05, 0) is 107 Å². The summed E-state index contributed by atoms with van der Waals surface area (Å²) < 4.78 is 45.3. The Labute approximate surface area is 332 Å². The summed E-state index contributed by atoms with van der Waals surface area (Å²) in [6.07, 6.45) is 3.52. The zero-order chi connectivity index (χ0) is 41.6. The lowest BCUT2D eigenvalue weighted by atomic mass is 9.85. The summed E-state index contributed by atoms with van der Waals surface area (Å²) in [4.78, 5) is 56.9. The number of aryl methyl sites for hydroxylation is 5. The van der Waals surface area contributed by atoms with Crippen molar-refractivity contribution in [3.05, 3.63) is 105 Å². The number of carbonyl (C=O) groups is 4. The summed E-state index contributed by atoms with van der Waals surface area (Å²) in [5, 5.41) is 5.10. The maximum atomic E-state index is 15.9. The maximum absolute atomic E-state index is 15.9. The number of fused-ring (bicyclic) bond motifs is 2. The molecule has 12 nitrogen and oxygen atoms in total. The second-order valence-electron chi connectivity index (χ2n) is 14.8. The highest BCUT2D eigenvalue weighted by Crippen LogP contribution is 2.43. The van der Waals surface area contributed by atoms with Crippen molar-refractivity contribution in [1.29, 1.82) is 0 Å². The lowest BCUT2D eigenvalue weighted by molar-refractivity contribution is -0.363. The van der Waals surface area contributed by atoms with Crippen LogP contribution in [-0.2, 0) is 25.6 Å². The average molecular weight is 788 g/mol. The van der Waals surface area contributed by atoms with Gasteiger partial charge in [-0.1, -0.05) is 43.2 Å². The number of hydroxylamine groups is 1. The van der Waals surface area contributed by atoms with Crippen molar-refractivity contribution >= 4 is 42.1 Å². The molecule has 1 atom stereocenters. The molecule has 3 aromatic rings. The van der Waals surface area contributed by atoms with Gasteiger partial charge in [0.05, 0.1) is 25.3 Å². The predicted octanol–water partition coefficient (Wildman–Crippen LogP) is 6.71. The average Bonchev–Trinajstić information content (AvgIpc) is 3.63. The fourth-order valence-corrected chi connectivity index (χ4v) is 7.75. The Balaban J connectivity index is 1.22. The minimum absolute atomic E-state index is 0.0535. The molecule has 2 aromatic carbocycles. The van der Waals surface area contributed by atoms with E-state index in [0.29, 0.717) is 70.2 Å². The molecule has 0 fully saturated rings. The van der Waals surface area contributed by atoms with Crippen molar-refractivity contribution in [2.24, 2.45) is 0 Å². The Morgan fingerprint density at radius 2 is 1.58 bits per heavy atom. The zero-order valence-corrected chi connectivity index (χ0v) is 33.9. The predicted molar refractivity (Wildman–Crippen MR) is 214 cm³/mol. The van der Waals surface area contributed by atoms with Gasteiger partial charge < -0.3 is 42.5 Å². The topological polar surface area (TPSA) is 140 Å². The zero-order valence-electron chi connectivity index (χ0n) is 33.9. The monoisotopic (exact) mass is 787 g/mol. The van der Waals surface area contributed by atoms with Crippen molar-refractivity contribution in [2.75, 3.05) is 19.8 Å². The largest absolute Gasteiger partial charge is 0.737 e. The molecule has 0 saturated heterocycles. The molecule has 1 aromatic heterocycles. The van der Waals surface area contributed by atoms with Crippen molar-refractivity contribution < 1.29 is 46.6 Å². The molecule has 0 unspecified atom stereocenters. The Hall–Kier alpha value is -5.73. The van der Waals surface area contributed by atoms with E-state index in [9.17, 15) is 19.2 Å². The van der Waals surface area contributed by atoms with E-state index in [1.54, 1.807) is 64.1 Å². The first-order valence-electron chi connectivity index (χ1n) is 19.3. The van der Waals surface area contributed by atoms with E-state index in [0.717, 1.165) is 44.1 Å². The number of ether oxygens (including phenoxy) is 2. The van der Waals surface area contributed by atoms with Crippen LogP contribution < -0.4 is 20.9 Å². The number of unbranched alkanes of at least 4 members (excludes halogenated alkanes) is 1. The lowest BCUT2D eigenvalue weighted by Gasteiger charge is -2.34. The Morgan fingerprint density at radius 1 is 0.895 bits per heavy atom. The maximum Gasteiger partial charge on any atom is 0.737 e. The summed E-state index contributed by atoms with van der Waals surface area (Å²) in [7, 11) is 0. The van der Waals surface area contributed by atoms with Crippen LogP contribution in [0.15, 0.2) is 59.8 Å². The van der Waals surface area contributed by atoms with Crippen LogP contribution >= 0.6 is 0 Å².